The molecule has 22 heavy (non-hydrogen) atoms. The van der Waals surface area contributed by atoms with E-state index in [-0.39, 0.29) is 5.91 Å². The summed E-state index contributed by atoms with van der Waals surface area (Å²) in [6.07, 6.45) is 3.02. The molecule has 0 fully saturated rings. The smallest absolute Gasteiger partial charge is 0.238 e. The van der Waals surface area contributed by atoms with Crippen molar-refractivity contribution in [3.8, 4) is 11.5 Å². The number of nitrogens with one attached hydrogen (secondary N) is 1. The van der Waals surface area contributed by atoms with Crippen LogP contribution in [0.1, 0.15) is 26.2 Å². The van der Waals surface area contributed by atoms with E-state index in [0.29, 0.717) is 42.0 Å². The molecule has 0 spiro atoms. The lowest BCUT2D eigenvalue weighted by Gasteiger charge is -2.17. The number of anilines is 1. The molecular formula is C16H23ClN2O3. The van der Waals surface area contributed by atoms with Crippen molar-refractivity contribution in [3.05, 3.63) is 17.2 Å². The van der Waals surface area contributed by atoms with E-state index in [1.165, 1.54) is 0 Å². The van der Waals surface area contributed by atoms with E-state index in [9.17, 15) is 4.79 Å². The molecule has 0 saturated heterocycles. The minimum Gasteiger partial charge on any atom is -0.490 e. The van der Waals surface area contributed by atoms with Crippen LogP contribution in [0, 0.1) is 0 Å². The second-order valence-electron chi connectivity index (χ2n) is 5.47. The molecule has 0 unspecified atom stereocenters. The Labute approximate surface area is 136 Å². The molecule has 6 heteroatoms. The quantitative estimate of drug-likeness (QED) is 0.872. The molecule has 2 rings (SSSR count). The molecule has 1 N–H and O–H groups in total. The molecule has 0 aromatic heterocycles. The highest BCUT2D eigenvalue weighted by molar-refractivity contribution is 6.34. The molecule has 1 aliphatic heterocycles. The summed E-state index contributed by atoms with van der Waals surface area (Å²) in [5.74, 6) is 1.16. The number of fused-ring (bicyclic) bond motifs is 1. The Balaban J connectivity index is 2.00. The van der Waals surface area contributed by atoms with Crippen LogP contribution in [-0.2, 0) is 4.79 Å². The Kier molecular flexibility index (Phi) is 6.34. The van der Waals surface area contributed by atoms with Gasteiger partial charge in [-0.2, -0.15) is 0 Å². The standard InChI is InChI=1S/C16H23ClN2O3/c1-3-4-6-19(2)11-16(20)18-13-10-15-14(9-12(13)17)21-7-5-8-22-15/h9-10H,3-8,11H2,1-2H3,(H,18,20). The van der Waals surface area contributed by atoms with Crippen LogP contribution in [0.15, 0.2) is 12.1 Å². The number of nitrogens with zero attached hydrogens (tertiary/aromatic N) is 1. The van der Waals surface area contributed by atoms with E-state index < -0.39 is 0 Å². The highest BCUT2D eigenvalue weighted by Gasteiger charge is 2.16. The predicted molar refractivity (Wildman–Crippen MR) is 88.1 cm³/mol. The fraction of sp³-hybridized carbons (Fsp3) is 0.562. The Bertz CT molecular complexity index is 522. The van der Waals surface area contributed by atoms with Gasteiger partial charge in [0.1, 0.15) is 0 Å². The summed E-state index contributed by atoms with van der Waals surface area (Å²) in [6, 6.07) is 3.42. The van der Waals surface area contributed by atoms with Crippen molar-refractivity contribution < 1.29 is 14.3 Å². The molecule has 1 aromatic rings. The largest absolute Gasteiger partial charge is 0.490 e. The van der Waals surface area contributed by atoms with Crippen molar-refractivity contribution in [1.82, 2.24) is 4.90 Å². The SMILES string of the molecule is CCCCN(C)CC(=O)Nc1cc2c(cc1Cl)OCCCO2. The van der Waals surface area contributed by atoms with E-state index in [1.807, 2.05) is 11.9 Å². The van der Waals surface area contributed by atoms with Gasteiger partial charge < -0.3 is 14.8 Å². The Morgan fingerprint density at radius 3 is 2.68 bits per heavy atom. The lowest BCUT2D eigenvalue weighted by Crippen LogP contribution is -2.30. The Morgan fingerprint density at radius 1 is 1.32 bits per heavy atom. The fourth-order valence-corrected chi connectivity index (χ4v) is 2.42. The summed E-state index contributed by atoms with van der Waals surface area (Å²) >= 11 is 6.21. The molecule has 0 atom stereocenters. The molecule has 122 valence electrons. The molecule has 0 aliphatic carbocycles. The van der Waals surface area contributed by atoms with Crippen molar-refractivity contribution >= 4 is 23.2 Å². The van der Waals surface area contributed by atoms with Gasteiger partial charge in [0.15, 0.2) is 11.5 Å². The highest BCUT2D eigenvalue weighted by atomic mass is 35.5. The number of amides is 1. The van der Waals surface area contributed by atoms with Gasteiger partial charge in [0.05, 0.1) is 30.5 Å². The van der Waals surface area contributed by atoms with Crippen LogP contribution in [0.4, 0.5) is 5.69 Å². The van der Waals surface area contributed by atoms with Crippen molar-refractivity contribution in [2.45, 2.75) is 26.2 Å². The van der Waals surface area contributed by atoms with Crippen LogP contribution < -0.4 is 14.8 Å². The summed E-state index contributed by atoms with van der Waals surface area (Å²) in [7, 11) is 1.94. The van der Waals surface area contributed by atoms with Gasteiger partial charge in [-0.05, 0) is 20.0 Å². The van der Waals surface area contributed by atoms with E-state index in [2.05, 4.69) is 12.2 Å². The van der Waals surface area contributed by atoms with E-state index in [0.717, 1.165) is 25.8 Å². The monoisotopic (exact) mass is 326 g/mol. The molecule has 5 nitrogen and oxygen atoms in total. The van der Waals surface area contributed by atoms with Gasteiger partial charge in [-0.25, -0.2) is 0 Å². The molecule has 0 bridgehead atoms. The maximum Gasteiger partial charge on any atom is 0.238 e. The van der Waals surface area contributed by atoms with Crippen LogP contribution in [0.3, 0.4) is 0 Å². The maximum absolute atomic E-state index is 12.1. The molecule has 1 aliphatic rings. The van der Waals surface area contributed by atoms with Crippen LogP contribution in [0.5, 0.6) is 11.5 Å². The summed E-state index contributed by atoms with van der Waals surface area (Å²) in [5, 5.41) is 3.29. The van der Waals surface area contributed by atoms with Crippen molar-refractivity contribution in [2.24, 2.45) is 0 Å². The number of carbonyl (C=O) groups excluding carboxylic acids is 1. The third-order valence-electron chi connectivity index (χ3n) is 3.42. The fourth-order valence-electron chi connectivity index (χ4n) is 2.22. The first-order valence-electron chi connectivity index (χ1n) is 7.67. The Hall–Kier alpha value is -1.46. The first-order chi connectivity index (χ1) is 10.6. The first-order valence-corrected chi connectivity index (χ1v) is 8.05. The lowest BCUT2D eigenvalue weighted by molar-refractivity contribution is -0.117. The molecule has 1 amide bonds. The van der Waals surface area contributed by atoms with E-state index in [4.69, 9.17) is 21.1 Å². The number of halogens is 1. The zero-order valence-corrected chi connectivity index (χ0v) is 13.9. The van der Waals surface area contributed by atoms with E-state index in [1.54, 1.807) is 12.1 Å². The van der Waals surface area contributed by atoms with Gasteiger partial charge in [-0.3, -0.25) is 9.69 Å². The second-order valence-corrected chi connectivity index (χ2v) is 5.88. The van der Waals surface area contributed by atoms with Crippen LogP contribution in [-0.4, -0.2) is 44.2 Å². The predicted octanol–water partition coefficient (Wildman–Crippen LogP) is 3.17. The van der Waals surface area contributed by atoms with Gasteiger partial charge in [0.25, 0.3) is 0 Å². The van der Waals surface area contributed by atoms with Gasteiger partial charge in [-0.15, -0.1) is 0 Å². The van der Waals surface area contributed by atoms with E-state index >= 15 is 0 Å². The van der Waals surface area contributed by atoms with Crippen LogP contribution in [0.2, 0.25) is 5.02 Å². The number of ether oxygens (including phenoxy) is 2. The first kappa shape index (κ1) is 16.9. The van der Waals surface area contributed by atoms with Gasteiger partial charge in [0, 0.05) is 18.6 Å². The molecular weight excluding hydrogens is 304 g/mol. The zero-order chi connectivity index (χ0) is 15.9. The number of likely N-dealkylation sites (N-methyl/N-ethyl adjacent to an activating group) is 1. The summed E-state index contributed by atoms with van der Waals surface area (Å²) < 4.78 is 11.2. The molecule has 0 radical (unpaired) electrons. The number of hydrogen-bond acceptors (Lipinski definition) is 4. The van der Waals surface area contributed by atoms with Gasteiger partial charge in [0.2, 0.25) is 5.91 Å². The Morgan fingerprint density at radius 2 is 2.00 bits per heavy atom. The number of carbonyl (C=O) groups is 1. The summed E-state index contributed by atoms with van der Waals surface area (Å²) in [5.41, 5.74) is 0.555. The highest BCUT2D eigenvalue weighted by Crippen LogP contribution is 2.37. The average molecular weight is 327 g/mol. The topological polar surface area (TPSA) is 50.8 Å². The number of rotatable bonds is 6. The van der Waals surface area contributed by atoms with Crippen LogP contribution >= 0.6 is 11.6 Å². The zero-order valence-electron chi connectivity index (χ0n) is 13.2. The lowest BCUT2D eigenvalue weighted by atomic mass is 10.2. The number of unbranched alkanes of at least 4 members (excludes halogenated alkanes) is 1. The van der Waals surface area contributed by atoms with Gasteiger partial charge >= 0.3 is 0 Å². The molecule has 1 heterocycles. The summed E-state index contributed by atoms with van der Waals surface area (Å²) in [4.78, 5) is 14.1. The molecule has 0 saturated carbocycles. The average Bonchev–Trinajstić information content (AvgIpc) is 2.70. The maximum atomic E-state index is 12.1. The summed E-state index contributed by atoms with van der Waals surface area (Å²) in [6.45, 7) is 4.58. The van der Waals surface area contributed by atoms with Crippen molar-refractivity contribution in [3.63, 3.8) is 0 Å². The van der Waals surface area contributed by atoms with Crippen molar-refractivity contribution in [2.75, 3.05) is 38.7 Å². The number of benzene rings is 1. The third-order valence-corrected chi connectivity index (χ3v) is 3.73. The van der Waals surface area contributed by atoms with Gasteiger partial charge in [-0.1, -0.05) is 24.9 Å². The number of hydrogen-bond donors (Lipinski definition) is 1. The minimum atomic E-state index is -0.0880. The minimum absolute atomic E-state index is 0.0880. The second kappa shape index (κ2) is 8.25. The molecule has 1 aromatic carbocycles. The normalized spacial score (nSPS) is 13.8. The third kappa shape index (κ3) is 4.78. The van der Waals surface area contributed by atoms with Crippen molar-refractivity contribution in [1.29, 1.82) is 0 Å². The van der Waals surface area contributed by atoms with Crippen LogP contribution in [0.25, 0.3) is 0 Å².